The van der Waals surface area contributed by atoms with Crippen molar-refractivity contribution in [2.75, 3.05) is 26.9 Å². The molecule has 8 rings (SSSR count). The summed E-state index contributed by atoms with van der Waals surface area (Å²) in [6, 6.07) is 0. The Labute approximate surface area is 353 Å². The van der Waals surface area contributed by atoms with Crippen molar-refractivity contribution in [2.45, 2.75) is 175 Å². The summed E-state index contributed by atoms with van der Waals surface area (Å²) >= 11 is 0. The first-order valence-electron chi connectivity index (χ1n) is 21.9. The van der Waals surface area contributed by atoms with Crippen molar-refractivity contribution in [3.05, 3.63) is 11.6 Å². The Kier molecular flexibility index (Phi) is 13.2. The average Bonchev–Trinajstić information content (AvgIpc) is 3.80. The van der Waals surface area contributed by atoms with Gasteiger partial charge in [0.2, 0.25) is 0 Å². The topological polar surface area (TPSA) is 290 Å². The highest BCUT2D eigenvalue weighted by atomic mass is 16.8. The molecule has 346 valence electrons. The van der Waals surface area contributed by atoms with Gasteiger partial charge in [0.1, 0.15) is 80.0 Å². The van der Waals surface area contributed by atoms with Gasteiger partial charge in [-0.2, -0.15) is 0 Å². The van der Waals surface area contributed by atoms with E-state index in [9.17, 15) is 55.5 Å². The summed E-state index contributed by atoms with van der Waals surface area (Å²) in [5.41, 5.74) is -1.07. The average molecular weight is 873 g/mol. The first kappa shape index (κ1) is 45.8. The second-order valence-corrected chi connectivity index (χ2v) is 19.1. The minimum atomic E-state index is -1.79. The Hall–Kier alpha value is -1.76. The summed E-state index contributed by atoms with van der Waals surface area (Å²) in [6.07, 6.45) is -13.2. The fraction of sp³-hybridized carbons (Fsp3) is 0.905. The van der Waals surface area contributed by atoms with Crippen LogP contribution < -0.4 is 0 Å². The van der Waals surface area contributed by atoms with Crippen LogP contribution in [0, 0.1) is 34.5 Å². The Morgan fingerprint density at radius 3 is 2.13 bits per heavy atom. The summed E-state index contributed by atoms with van der Waals surface area (Å²) < 4.78 is 46.4. The molecule has 4 aliphatic heterocycles. The van der Waals surface area contributed by atoms with Crippen LogP contribution in [-0.4, -0.2) is 189 Å². The molecule has 9 N–H and O–H groups in total. The second-order valence-electron chi connectivity index (χ2n) is 19.1. The number of aliphatic hydroxyl groups is 9. The number of fused-ring (bicyclic) bond motifs is 5. The van der Waals surface area contributed by atoms with Gasteiger partial charge in [-0.05, 0) is 94.0 Å². The van der Waals surface area contributed by atoms with Crippen LogP contribution in [0.5, 0.6) is 0 Å². The van der Waals surface area contributed by atoms with Gasteiger partial charge >= 0.3 is 5.97 Å². The van der Waals surface area contributed by atoms with Crippen LogP contribution in [0.1, 0.15) is 71.6 Å². The molecule has 19 heteroatoms. The molecule has 23 atom stereocenters. The third kappa shape index (κ3) is 7.64. The number of hydrogen-bond acceptors (Lipinski definition) is 19. The normalized spacial score (nSPS) is 53.6. The standard InChI is InChI=1S/C42H64O19/c1-18-35(61-38-33(51)31(49)29(47)26(60-38)16-56-37-32(50)30(48)28(46)25(14-43)59-37)36(54-3)34(52)39(57-18)58-21-6-10-41(17-44)20(13-21)4-5-24-23(41)7-9-40(2)22(8-11-42(24,40)53)19-12-27(45)55-15-19/h12,17-18,20-26,28-39,43,46-53H,4-11,13-16H2,1-3H3/t18-,20?,21-,22+,23?,24?,25+,26+,28+,29+,30-,31-,32+,33+,34+,35+,36+,37?,38?,39+,40+,41+,42-/m0/s1. The number of methoxy groups -OCH3 is 1. The molecule has 7 fully saturated rings. The second kappa shape index (κ2) is 17.6. The predicted octanol–water partition coefficient (Wildman–Crippen LogP) is -2.06. The van der Waals surface area contributed by atoms with Crippen molar-refractivity contribution < 1.29 is 93.4 Å². The number of carbonyl (C=O) groups excluding carboxylic acids is 2. The van der Waals surface area contributed by atoms with E-state index in [1.54, 1.807) is 13.0 Å². The number of rotatable bonds is 11. The smallest absolute Gasteiger partial charge is 0.331 e. The molecule has 0 radical (unpaired) electrons. The van der Waals surface area contributed by atoms with E-state index in [4.69, 9.17) is 37.9 Å². The summed E-state index contributed by atoms with van der Waals surface area (Å²) in [5.74, 6) is -0.343. The van der Waals surface area contributed by atoms with E-state index < -0.39 is 122 Å². The minimum absolute atomic E-state index is 0.000150. The van der Waals surface area contributed by atoms with Crippen molar-refractivity contribution in [1.29, 1.82) is 0 Å². The Morgan fingerprint density at radius 1 is 0.770 bits per heavy atom. The van der Waals surface area contributed by atoms with Crippen LogP contribution in [0.4, 0.5) is 0 Å². The fourth-order valence-electron chi connectivity index (χ4n) is 12.9. The minimum Gasteiger partial charge on any atom is -0.458 e. The maximum atomic E-state index is 13.3. The van der Waals surface area contributed by atoms with Crippen LogP contribution >= 0.6 is 0 Å². The maximum Gasteiger partial charge on any atom is 0.331 e. The molecule has 0 aromatic heterocycles. The van der Waals surface area contributed by atoms with Crippen LogP contribution in [0.15, 0.2) is 11.6 Å². The van der Waals surface area contributed by atoms with Gasteiger partial charge in [0.15, 0.2) is 18.9 Å². The Morgan fingerprint density at radius 2 is 1.46 bits per heavy atom. The summed E-state index contributed by atoms with van der Waals surface area (Å²) in [6.45, 7) is 2.83. The SMILES string of the molecule is CO[C@@H]1[C@@H](O)[C@@H](O[C@H]2CC[C@@]3(C=O)C(CCC4C3CC[C@]3(C)[C@@H](C5=CC(=O)OC5)CC[C@]43O)C2)O[C@@H](C)[C@H]1OC1O[C@H](COC2O[C@H](CO)[C@@H](O)[C@H](O)[C@H]2O)[C@@H](O)[C@H](O)[C@H]1O. The molecule has 4 heterocycles. The van der Waals surface area contributed by atoms with E-state index in [2.05, 4.69) is 6.92 Å². The van der Waals surface area contributed by atoms with Crippen LogP contribution in [-0.2, 0) is 47.5 Å². The first-order valence-corrected chi connectivity index (χ1v) is 21.9. The van der Waals surface area contributed by atoms with Gasteiger partial charge in [0.25, 0.3) is 0 Å². The molecule has 5 unspecified atom stereocenters. The number of hydrogen-bond donors (Lipinski definition) is 9. The number of aldehydes is 1. The number of carbonyl (C=O) groups is 2. The fourth-order valence-corrected chi connectivity index (χ4v) is 12.9. The maximum absolute atomic E-state index is 13.3. The number of aliphatic hydroxyl groups excluding tert-OH is 8. The molecular formula is C42H64O19. The molecule has 8 aliphatic rings. The van der Waals surface area contributed by atoms with Crippen molar-refractivity contribution in [2.24, 2.45) is 34.5 Å². The lowest BCUT2D eigenvalue weighted by atomic mass is 9.43. The van der Waals surface area contributed by atoms with Gasteiger partial charge < -0.3 is 88.6 Å². The van der Waals surface area contributed by atoms with Gasteiger partial charge in [-0.15, -0.1) is 0 Å². The van der Waals surface area contributed by atoms with E-state index >= 15 is 0 Å². The number of esters is 1. The highest BCUT2D eigenvalue weighted by Gasteiger charge is 2.69. The quantitative estimate of drug-likeness (QED) is 0.0613. The molecular weight excluding hydrogens is 808 g/mol. The van der Waals surface area contributed by atoms with Crippen LogP contribution in [0.25, 0.3) is 0 Å². The lowest BCUT2D eigenvalue weighted by Crippen LogP contribution is -2.65. The molecule has 3 saturated heterocycles. The lowest BCUT2D eigenvalue weighted by molar-refractivity contribution is -0.367. The van der Waals surface area contributed by atoms with Gasteiger partial charge in [-0.25, -0.2) is 4.79 Å². The van der Waals surface area contributed by atoms with Gasteiger partial charge in [-0.1, -0.05) is 6.92 Å². The largest absolute Gasteiger partial charge is 0.458 e. The zero-order valence-electron chi connectivity index (χ0n) is 34.8. The van der Waals surface area contributed by atoms with Crippen LogP contribution in [0.3, 0.4) is 0 Å². The highest BCUT2D eigenvalue weighted by Crippen LogP contribution is 2.69. The molecule has 0 amide bonds. The molecule has 0 aromatic carbocycles. The van der Waals surface area contributed by atoms with Crippen molar-refractivity contribution >= 4 is 12.3 Å². The zero-order chi connectivity index (χ0) is 43.8. The summed E-state index contributed by atoms with van der Waals surface area (Å²) in [4.78, 5) is 25.3. The molecule has 0 spiro atoms. The number of cyclic esters (lactones) is 1. The van der Waals surface area contributed by atoms with E-state index in [0.29, 0.717) is 25.7 Å². The predicted molar refractivity (Wildman–Crippen MR) is 203 cm³/mol. The van der Waals surface area contributed by atoms with E-state index in [-0.39, 0.29) is 42.4 Å². The number of ether oxygens (including phenoxy) is 8. The van der Waals surface area contributed by atoms with Gasteiger partial charge in [0.05, 0.1) is 31.0 Å². The van der Waals surface area contributed by atoms with Crippen molar-refractivity contribution in [3.8, 4) is 0 Å². The van der Waals surface area contributed by atoms with Gasteiger partial charge in [0, 0.05) is 24.0 Å². The molecule has 4 aliphatic carbocycles. The van der Waals surface area contributed by atoms with E-state index in [0.717, 1.165) is 44.0 Å². The highest BCUT2D eigenvalue weighted by molar-refractivity contribution is 5.85. The third-order valence-corrected chi connectivity index (χ3v) is 16.3. The summed E-state index contributed by atoms with van der Waals surface area (Å²) in [5, 5.41) is 96.6. The van der Waals surface area contributed by atoms with E-state index in [1.165, 1.54) is 7.11 Å². The molecule has 4 saturated carbocycles. The zero-order valence-corrected chi connectivity index (χ0v) is 34.8. The lowest BCUT2D eigenvalue weighted by Gasteiger charge is -2.63. The van der Waals surface area contributed by atoms with Crippen molar-refractivity contribution in [3.63, 3.8) is 0 Å². The van der Waals surface area contributed by atoms with E-state index in [1.807, 2.05) is 0 Å². The van der Waals surface area contributed by atoms with Crippen molar-refractivity contribution in [1.82, 2.24) is 0 Å². The molecule has 61 heavy (non-hydrogen) atoms. The molecule has 0 aromatic rings. The summed E-state index contributed by atoms with van der Waals surface area (Å²) in [7, 11) is 1.36. The molecule has 19 nitrogen and oxygen atoms in total. The third-order valence-electron chi connectivity index (χ3n) is 16.3. The monoisotopic (exact) mass is 872 g/mol. The Balaban J connectivity index is 0.887. The first-order chi connectivity index (χ1) is 29.0. The molecule has 0 bridgehead atoms. The Bertz CT molecular complexity index is 1620. The van der Waals surface area contributed by atoms with Crippen LogP contribution in [0.2, 0.25) is 0 Å². The van der Waals surface area contributed by atoms with Gasteiger partial charge in [-0.3, -0.25) is 0 Å².